The lowest BCUT2D eigenvalue weighted by Crippen LogP contribution is -2.61. The highest BCUT2D eigenvalue weighted by Crippen LogP contribution is 2.48. The molecule has 97 heavy (non-hydrogen) atoms. The molecule has 0 aromatic carbocycles. The van der Waals surface area contributed by atoms with Crippen LogP contribution in [0.25, 0.3) is 0 Å². The molecule has 0 saturated carbocycles. The van der Waals surface area contributed by atoms with Crippen LogP contribution in [0.3, 0.4) is 0 Å². The van der Waals surface area contributed by atoms with Crippen molar-refractivity contribution in [1.82, 2.24) is 0 Å². The number of epoxide rings is 2. The summed E-state index contributed by atoms with van der Waals surface area (Å²) < 4.78 is 107. The molecule has 0 bridgehead atoms. The minimum absolute atomic E-state index is 0.0134. The SMILES string of the molecule is C=C(C)C(=O)OCC1CO1.C=C(C)C(=O)OCCOP(=O)([O-])O.C=C(C)C(=O)OCC[Si](O[Si](C)(C)C)(O[Si](C)(C)C)O[Si](C)(C)C.CCCC(C)(CC(C)(CC(C)(CC)C(=O)OCC1CO1)C(=O)OCC[Si](O[Si](C)(C)C)(O[Si](C)(C)C)O[Si](C)(C)C)C(=O)OCCP(=O)(O)O. The second kappa shape index (κ2) is 40.7. The fourth-order valence-corrected chi connectivity index (χ4v) is 38.4. The molecule has 2 heterocycles. The number of carbonyl (C=O) groups excluding carboxylic acids is 6. The third-order valence-electron chi connectivity index (χ3n) is 12.5. The highest BCUT2D eigenvalue weighted by molar-refractivity contribution is 7.51. The molecule has 568 valence electrons. The van der Waals surface area contributed by atoms with Crippen LogP contribution in [0.15, 0.2) is 36.5 Å². The number of carbonyl (C=O) groups is 6. The fourth-order valence-electron chi connectivity index (χ4n) is 8.96. The van der Waals surface area contributed by atoms with E-state index in [1.807, 2.05) is 13.8 Å². The van der Waals surface area contributed by atoms with Gasteiger partial charge in [-0.15, -0.1) is 0 Å². The van der Waals surface area contributed by atoms with Crippen molar-refractivity contribution in [3.8, 4) is 0 Å². The normalized spacial score (nSPS) is 17.7. The zero-order valence-corrected chi connectivity index (χ0v) is 73.1. The van der Waals surface area contributed by atoms with Gasteiger partial charge in [-0.3, -0.25) is 23.5 Å². The standard InChI is InChI=1S/C32H67O13PSi4.C15H36O5Si4.C7H10O3.C6H11O6P/c1-15-17-31(4,28(34)39-18-20-46(36,37)38)25-32(5,24-30(3,16-2)27(33)42-23-26-22-41-26)29(35)40-19-21-50(43-47(6,7)8,44-48(9,10)11)45-49(12,13)14;1-14(2)15(16)17-12-13-24(18-21(3,4)5,19-22(6,7)8)20-23(9,10)11;1-5(2)7(8)10-4-6-3-9-6;1-5(2)6(7)11-3-4-12-13(8,9)10/h26H,15-25H2,1-14H3,(H2,36,37,38);1,12-13H2,2-11H3;6H,1,3-4H2,2H3;1,3-4H2,2H3,(H2,8,9,10)/p-1. The van der Waals surface area contributed by atoms with E-state index in [-0.39, 0.29) is 75.0 Å². The molecule has 0 aromatic rings. The molecule has 0 amide bonds. The summed E-state index contributed by atoms with van der Waals surface area (Å²) in [4.78, 5) is 111. The van der Waals surface area contributed by atoms with Crippen LogP contribution in [0, 0.1) is 16.2 Å². The largest absolute Gasteiger partial charge is 0.756 e. The smallest absolute Gasteiger partial charge is 0.473 e. The van der Waals surface area contributed by atoms with Crippen LogP contribution in [0.1, 0.15) is 87.5 Å². The summed E-state index contributed by atoms with van der Waals surface area (Å²) in [7, 11) is -27.6. The maximum Gasteiger partial charge on any atom is 0.473 e. The summed E-state index contributed by atoms with van der Waals surface area (Å²) in [6, 6.07) is 0.740. The van der Waals surface area contributed by atoms with E-state index in [1.165, 1.54) is 6.92 Å². The molecule has 0 radical (unpaired) electrons. The lowest BCUT2D eigenvalue weighted by molar-refractivity contribution is -0.220. The topological polar surface area (TPSA) is 365 Å². The van der Waals surface area contributed by atoms with Gasteiger partial charge in [0.15, 0.2) is 49.9 Å². The van der Waals surface area contributed by atoms with Gasteiger partial charge in [-0.05, 0) is 185 Å². The molecule has 0 spiro atoms. The molecule has 6 atom stereocenters. The van der Waals surface area contributed by atoms with Crippen LogP contribution < -0.4 is 4.89 Å². The Balaban J connectivity index is 0. The van der Waals surface area contributed by atoms with Gasteiger partial charge < -0.3 is 86.7 Å². The molecule has 6 unspecified atom stereocenters. The average Bonchev–Trinajstić information content (AvgIpc) is 1.66. The quantitative estimate of drug-likeness (QED) is 0.00972. The Bertz CT molecular complexity index is 2580. The van der Waals surface area contributed by atoms with Crippen LogP contribution >= 0.6 is 15.4 Å². The van der Waals surface area contributed by atoms with Crippen LogP contribution in [-0.2, 0) is 105 Å². The molecule has 2 saturated heterocycles. The Labute approximate surface area is 588 Å². The summed E-state index contributed by atoms with van der Waals surface area (Å²) in [5, 5.41) is 0. The van der Waals surface area contributed by atoms with Crippen molar-refractivity contribution in [1.29, 1.82) is 0 Å². The van der Waals surface area contributed by atoms with E-state index in [9.17, 15) is 52.6 Å². The minimum atomic E-state index is -4.71. The highest BCUT2D eigenvalue weighted by Gasteiger charge is 2.54. The van der Waals surface area contributed by atoms with Gasteiger partial charge in [-0.1, -0.05) is 40.0 Å². The fraction of sp³-hybridized carbons (Fsp3) is 0.800. The molecule has 2 aliphatic heterocycles. The zero-order valence-electron chi connectivity index (χ0n) is 63.3. The second-order valence-corrected chi connectivity index (χ2v) is 67.9. The Morgan fingerprint density at radius 1 is 0.464 bits per heavy atom. The van der Waals surface area contributed by atoms with Crippen LogP contribution in [0.2, 0.25) is 130 Å². The number of ether oxygens (including phenoxy) is 8. The van der Waals surface area contributed by atoms with Gasteiger partial charge in [0.05, 0.1) is 55.4 Å². The number of hydrogen-bond donors (Lipinski definition) is 3. The minimum Gasteiger partial charge on any atom is -0.756 e. The van der Waals surface area contributed by atoms with Crippen molar-refractivity contribution in [2.75, 3.05) is 65.6 Å². The third-order valence-corrected chi connectivity index (χ3v) is 37.6. The molecule has 37 heteroatoms. The van der Waals surface area contributed by atoms with E-state index >= 15 is 0 Å². The maximum atomic E-state index is 14.4. The molecule has 2 rings (SSSR count). The van der Waals surface area contributed by atoms with Gasteiger partial charge in [0.25, 0.3) is 7.82 Å². The van der Waals surface area contributed by atoms with E-state index in [4.69, 9.17) is 62.7 Å². The number of hydrogen-bond acceptors (Lipinski definition) is 24. The van der Waals surface area contributed by atoms with Crippen molar-refractivity contribution in [3.63, 3.8) is 0 Å². The van der Waals surface area contributed by atoms with Crippen molar-refractivity contribution in [2.24, 2.45) is 16.2 Å². The van der Waals surface area contributed by atoms with Gasteiger partial charge in [-0.25, -0.2) is 14.4 Å². The van der Waals surface area contributed by atoms with Crippen molar-refractivity contribution in [3.05, 3.63) is 36.5 Å². The summed E-state index contributed by atoms with van der Waals surface area (Å²) in [6.07, 6.45) is 0.606. The van der Waals surface area contributed by atoms with Gasteiger partial charge in [0.1, 0.15) is 38.6 Å². The average molecular weight is 1560 g/mol. The molecular formula is C60H123O27P2Si8-. The molecule has 2 aliphatic rings. The first-order valence-electron chi connectivity index (χ1n) is 32.6. The van der Waals surface area contributed by atoms with Crippen LogP contribution in [0.5, 0.6) is 0 Å². The van der Waals surface area contributed by atoms with Gasteiger partial charge in [0, 0.05) is 28.8 Å². The molecule has 2 fully saturated rings. The van der Waals surface area contributed by atoms with E-state index in [2.05, 4.69) is 147 Å². The zero-order chi connectivity index (χ0) is 76.5. The predicted molar refractivity (Wildman–Crippen MR) is 389 cm³/mol. The Morgan fingerprint density at radius 3 is 1.07 bits per heavy atom. The lowest BCUT2D eigenvalue weighted by Gasteiger charge is -2.43. The number of esters is 6. The third kappa shape index (κ3) is 48.3. The van der Waals surface area contributed by atoms with Crippen molar-refractivity contribution < 1.29 is 125 Å². The van der Waals surface area contributed by atoms with Gasteiger partial charge >= 0.3 is 61.0 Å². The number of phosphoric ester groups is 1. The highest BCUT2D eigenvalue weighted by atomic mass is 31.2. The van der Waals surface area contributed by atoms with E-state index in [1.54, 1.807) is 34.6 Å². The lowest BCUT2D eigenvalue weighted by atomic mass is 9.63. The van der Waals surface area contributed by atoms with Crippen molar-refractivity contribution >= 4 is 119 Å². The van der Waals surface area contributed by atoms with E-state index < -0.39 is 142 Å². The monoisotopic (exact) mass is 1560 g/mol. The van der Waals surface area contributed by atoms with Crippen molar-refractivity contribution in [2.45, 2.75) is 230 Å². The van der Waals surface area contributed by atoms with Gasteiger partial charge in [-0.2, -0.15) is 0 Å². The summed E-state index contributed by atoms with van der Waals surface area (Å²) >= 11 is 0. The Kier molecular flexibility index (Phi) is 40.6. The Morgan fingerprint density at radius 2 is 0.763 bits per heavy atom. The second-order valence-electron chi connectivity index (χ2n) is 31.0. The first kappa shape index (κ1) is 96.8. The first-order chi connectivity index (χ1) is 43.4. The summed E-state index contributed by atoms with van der Waals surface area (Å²) in [6.45, 7) is 62.6. The van der Waals surface area contributed by atoms with E-state index in [0.29, 0.717) is 56.3 Å². The van der Waals surface area contributed by atoms with Gasteiger partial charge in [0.2, 0.25) is 0 Å². The molecule has 0 aromatic heterocycles. The molecule has 3 N–H and O–H groups in total. The number of phosphoric acid groups is 1. The number of rotatable bonds is 42. The molecule has 27 nitrogen and oxygen atoms in total. The first-order valence-corrected chi connectivity index (χ1v) is 60.2. The van der Waals surface area contributed by atoms with Crippen LogP contribution in [-0.4, -0.2) is 196 Å². The maximum absolute atomic E-state index is 14.4. The predicted octanol–water partition coefficient (Wildman–Crippen LogP) is 11.4. The van der Waals surface area contributed by atoms with Crippen LogP contribution in [0.4, 0.5) is 0 Å². The molecular weight excluding hydrogens is 1440 g/mol. The summed E-state index contributed by atoms with van der Waals surface area (Å²) in [5.41, 5.74) is -2.70. The Hall–Kier alpha value is -2.28. The summed E-state index contributed by atoms with van der Waals surface area (Å²) in [5.74, 6) is -3.11. The van der Waals surface area contributed by atoms with E-state index in [0.717, 1.165) is 0 Å². The molecule has 0 aliphatic carbocycles.